The van der Waals surface area contributed by atoms with Crippen LogP contribution in [0.3, 0.4) is 0 Å². The highest BCUT2D eigenvalue weighted by Crippen LogP contribution is 1.94. The molecular weight excluding hydrogens is 178 g/mol. The van der Waals surface area contributed by atoms with Gasteiger partial charge in [-0.25, -0.2) is 0 Å². The van der Waals surface area contributed by atoms with Gasteiger partial charge in [0.15, 0.2) is 0 Å². The maximum absolute atomic E-state index is 11.2. The van der Waals surface area contributed by atoms with Crippen LogP contribution in [0.2, 0.25) is 0 Å². The van der Waals surface area contributed by atoms with Crippen LogP contribution in [0.15, 0.2) is 0 Å². The van der Waals surface area contributed by atoms with E-state index in [-0.39, 0.29) is 6.54 Å². The second-order valence-electron chi connectivity index (χ2n) is 2.07. The molecule has 0 aliphatic rings. The van der Waals surface area contributed by atoms with Crippen LogP contribution in [0.1, 0.15) is 13.8 Å². The Balaban J connectivity index is 4.29. The molecule has 0 saturated carbocycles. The smallest absolute Gasteiger partial charge is 0.197 e. The number of hydrogen-bond acceptors (Lipinski definition) is 3. The minimum atomic E-state index is -3.42. The Morgan fingerprint density at radius 2 is 1.92 bits per heavy atom. The molecule has 70 valence electrons. The van der Waals surface area contributed by atoms with E-state index in [1.807, 2.05) is 0 Å². The van der Waals surface area contributed by atoms with Gasteiger partial charge in [0.05, 0.1) is 12.6 Å². The van der Waals surface area contributed by atoms with E-state index in [1.165, 1.54) is 4.31 Å². The average molecular weight is 191 g/mol. The van der Waals surface area contributed by atoms with Gasteiger partial charge in [0.1, 0.15) is 0 Å². The molecule has 0 radical (unpaired) electrons. The molecule has 0 bridgehead atoms. The zero-order valence-corrected chi connectivity index (χ0v) is 8.06. The standard InChI is InChI=1S/C6H13N3O2S/c1-3-9(4-2)12(10,11)8-6-5-7/h8H,3-4,6H2,1-2H3. The summed E-state index contributed by atoms with van der Waals surface area (Å²) < 4.78 is 25.8. The summed E-state index contributed by atoms with van der Waals surface area (Å²) >= 11 is 0. The summed E-state index contributed by atoms with van der Waals surface area (Å²) in [4.78, 5) is 0. The van der Waals surface area contributed by atoms with Gasteiger partial charge in [0.2, 0.25) is 0 Å². The Bertz CT molecular complexity index is 250. The summed E-state index contributed by atoms with van der Waals surface area (Å²) in [5, 5.41) is 8.16. The molecule has 0 aromatic heterocycles. The number of nitrogens with zero attached hydrogens (tertiary/aromatic N) is 2. The molecular formula is C6H13N3O2S. The van der Waals surface area contributed by atoms with E-state index in [2.05, 4.69) is 4.72 Å². The topological polar surface area (TPSA) is 73.2 Å². The SMILES string of the molecule is CCN(CC)S(=O)(=O)NCC#N. The van der Waals surface area contributed by atoms with Crippen molar-refractivity contribution in [3.8, 4) is 6.07 Å². The molecule has 0 aliphatic carbocycles. The predicted molar refractivity (Wildman–Crippen MR) is 45.5 cm³/mol. The molecule has 0 aromatic rings. The van der Waals surface area contributed by atoms with Crippen LogP contribution in [0.25, 0.3) is 0 Å². The molecule has 0 amide bonds. The lowest BCUT2D eigenvalue weighted by Gasteiger charge is -2.17. The minimum Gasteiger partial charge on any atom is -0.197 e. The van der Waals surface area contributed by atoms with Crippen molar-refractivity contribution in [2.75, 3.05) is 19.6 Å². The first-order valence-corrected chi connectivity index (χ1v) is 5.14. The van der Waals surface area contributed by atoms with Gasteiger partial charge in [-0.2, -0.15) is 22.7 Å². The van der Waals surface area contributed by atoms with Gasteiger partial charge in [-0.1, -0.05) is 13.8 Å². The van der Waals surface area contributed by atoms with Gasteiger partial charge in [-0.05, 0) is 0 Å². The summed E-state index contributed by atoms with van der Waals surface area (Å²) in [5.41, 5.74) is 0. The zero-order chi connectivity index (χ0) is 9.61. The summed E-state index contributed by atoms with van der Waals surface area (Å²) in [5.74, 6) is 0. The lowest BCUT2D eigenvalue weighted by molar-refractivity contribution is 0.437. The number of hydrogen-bond donors (Lipinski definition) is 1. The van der Waals surface area contributed by atoms with Gasteiger partial charge >= 0.3 is 0 Å². The second-order valence-corrected chi connectivity index (χ2v) is 3.82. The van der Waals surface area contributed by atoms with Crippen molar-refractivity contribution in [1.29, 1.82) is 5.26 Å². The van der Waals surface area contributed by atoms with E-state index in [1.54, 1.807) is 19.9 Å². The van der Waals surface area contributed by atoms with Gasteiger partial charge < -0.3 is 0 Å². The van der Waals surface area contributed by atoms with Gasteiger partial charge in [0, 0.05) is 13.1 Å². The second kappa shape index (κ2) is 5.09. The number of rotatable bonds is 5. The number of nitriles is 1. The lowest BCUT2D eigenvalue weighted by Crippen LogP contribution is -2.40. The summed E-state index contributed by atoms with van der Waals surface area (Å²) in [6.45, 7) is 4.14. The van der Waals surface area contributed by atoms with Crippen LogP contribution in [-0.2, 0) is 10.2 Å². The number of nitrogens with one attached hydrogen (secondary N) is 1. The molecule has 0 unspecified atom stereocenters. The van der Waals surface area contributed by atoms with Crippen molar-refractivity contribution < 1.29 is 8.42 Å². The molecule has 0 spiro atoms. The van der Waals surface area contributed by atoms with E-state index in [4.69, 9.17) is 5.26 Å². The normalized spacial score (nSPS) is 11.5. The van der Waals surface area contributed by atoms with Crippen molar-refractivity contribution in [2.24, 2.45) is 0 Å². The van der Waals surface area contributed by atoms with Crippen molar-refractivity contribution >= 4 is 10.2 Å². The van der Waals surface area contributed by atoms with E-state index in [0.29, 0.717) is 13.1 Å². The first-order valence-electron chi connectivity index (χ1n) is 3.70. The maximum Gasteiger partial charge on any atom is 0.280 e. The van der Waals surface area contributed by atoms with E-state index < -0.39 is 10.2 Å². The molecule has 1 N–H and O–H groups in total. The van der Waals surface area contributed by atoms with E-state index >= 15 is 0 Å². The molecule has 5 nitrogen and oxygen atoms in total. The fourth-order valence-corrected chi connectivity index (χ4v) is 1.89. The quantitative estimate of drug-likeness (QED) is 0.606. The molecule has 12 heavy (non-hydrogen) atoms. The third kappa shape index (κ3) is 3.17. The molecule has 0 aliphatic heterocycles. The van der Waals surface area contributed by atoms with Crippen LogP contribution >= 0.6 is 0 Å². The van der Waals surface area contributed by atoms with Crippen molar-refractivity contribution in [2.45, 2.75) is 13.8 Å². The van der Waals surface area contributed by atoms with E-state index in [0.717, 1.165) is 0 Å². The molecule has 0 aromatic carbocycles. The monoisotopic (exact) mass is 191 g/mol. The molecule has 0 atom stereocenters. The van der Waals surface area contributed by atoms with Crippen LogP contribution < -0.4 is 4.72 Å². The first kappa shape index (κ1) is 11.4. The fraction of sp³-hybridized carbons (Fsp3) is 0.833. The summed E-state index contributed by atoms with van der Waals surface area (Å²) in [6.07, 6.45) is 0. The Hall–Kier alpha value is -0.640. The highest BCUT2D eigenvalue weighted by atomic mass is 32.2. The summed E-state index contributed by atoms with van der Waals surface area (Å²) in [6, 6.07) is 1.71. The Morgan fingerprint density at radius 3 is 2.25 bits per heavy atom. The van der Waals surface area contributed by atoms with Crippen molar-refractivity contribution in [3.05, 3.63) is 0 Å². The largest absolute Gasteiger partial charge is 0.280 e. The highest BCUT2D eigenvalue weighted by Gasteiger charge is 2.16. The predicted octanol–water partition coefficient (Wildman–Crippen LogP) is -0.314. The van der Waals surface area contributed by atoms with Gasteiger partial charge in [-0.3, -0.25) is 0 Å². The van der Waals surface area contributed by atoms with E-state index in [9.17, 15) is 8.42 Å². The Kier molecular flexibility index (Phi) is 4.81. The van der Waals surface area contributed by atoms with Gasteiger partial charge in [-0.15, -0.1) is 0 Å². The van der Waals surface area contributed by atoms with Crippen LogP contribution in [-0.4, -0.2) is 32.4 Å². The Morgan fingerprint density at radius 1 is 1.42 bits per heavy atom. The van der Waals surface area contributed by atoms with Crippen molar-refractivity contribution in [1.82, 2.24) is 9.03 Å². The third-order valence-corrected chi connectivity index (χ3v) is 3.08. The van der Waals surface area contributed by atoms with Crippen LogP contribution in [0, 0.1) is 11.3 Å². The Labute approximate surface area is 73.2 Å². The van der Waals surface area contributed by atoms with Crippen molar-refractivity contribution in [3.63, 3.8) is 0 Å². The average Bonchev–Trinajstić information content (AvgIpc) is 2.03. The summed E-state index contributed by atoms with van der Waals surface area (Å²) in [7, 11) is -3.42. The van der Waals surface area contributed by atoms with Crippen LogP contribution in [0.4, 0.5) is 0 Å². The third-order valence-electron chi connectivity index (χ3n) is 1.38. The molecule has 0 fully saturated rings. The molecule has 6 heteroatoms. The fourth-order valence-electron chi connectivity index (χ4n) is 0.778. The molecule has 0 rings (SSSR count). The van der Waals surface area contributed by atoms with Crippen LogP contribution in [0.5, 0.6) is 0 Å². The zero-order valence-electron chi connectivity index (χ0n) is 7.24. The minimum absolute atomic E-state index is 0.182. The first-order chi connectivity index (χ1) is 5.58. The molecule has 0 heterocycles. The highest BCUT2D eigenvalue weighted by molar-refractivity contribution is 7.87. The molecule has 0 saturated heterocycles. The lowest BCUT2D eigenvalue weighted by atomic mass is 10.7. The maximum atomic E-state index is 11.2. The van der Waals surface area contributed by atoms with Gasteiger partial charge in [0.25, 0.3) is 10.2 Å².